The second kappa shape index (κ2) is 10.7. The van der Waals surface area contributed by atoms with Crippen LogP contribution in [0.2, 0.25) is 0 Å². The van der Waals surface area contributed by atoms with E-state index in [1.54, 1.807) is 36.4 Å². The molecule has 2 rings (SSSR count). The van der Waals surface area contributed by atoms with Gasteiger partial charge in [-0.3, -0.25) is 14.4 Å². The monoisotopic (exact) mass is 388 g/mol. The first-order valence-electron chi connectivity index (χ1n) is 8.68. The highest BCUT2D eigenvalue weighted by Gasteiger charge is 2.07. The van der Waals surface area contributed by atoms with E-state index in [4.69, 9.17) is 9.84 Å². The predicted molar refractivity (Wildman–Crippen MR) is 101 cm³/mol. The predicted octanol–water partition coefficient (Wildman–Crippen LogP) is 2.37. The number of para-hydroxylation sites is 1. The van der Waals surface area contributed by atoms with Gasteiger partial charge in [-0.15, -0.1) is 0 Å². The number of amides is 2. The van der Waals surface area contributed by atoms with Gasteiger partial charge in [0.1, 0.15) is 6.54 Å². The number of hydrogen-bond acceptors (Lipinski definition) is 4. The molecule has 0 fully saturated rings. The molecule has 148 valence electrons. The number of carbonyl (C=O) groups is 3. The van der Waals surface area contributed by atoms with Crippen LogP contribution < -0.4 is 15.4 Å². The van der Waals surface area contributed by atoms with Crippen LogP contribution in [-0.4, -0.2) is 36.0 Å². The number of anilines is 1. The van der Waals surface area contributed by atoms with E-state index in [1.165, 1.54) is 12.1 Å². The number of carboxylic acid groups (broad SMARTS) is 1. The fourth-order valence-corrected chi connectivity index (χ4v) is 2.33. The molecular formula is C20H21FN2O5. The van der Waals surface area contributed by atoms with E-state index in [2.05, 4.69) is 10.6 Å². The van der Waals surface area contributed by atoms with Crippen LogP contribution in [0.15, 0.2) is 48.5 Å². The van der Waals surface area contributed by atoms with Crippen molar-refractivity contribution in [2.45, 2.75) is 19.3 Å². The summed E-state index contributed by atoms with van der Waals surface area (Å²) < 4.78 is 18.7. The molecule has 0 saturated carbocycles. The number of ether oxygens (including phenoxy) is 1. The molecule has 7 nitrogen and oxygen atoms in total. The van der Waals surface area contributed by atoms with Crippen molar-refractivity contribution < 1.29 is 28.6 Å². The van der Waals surface area contributed by atoms with Gasteiger partial charge in [-0.2, -0.15) is 0 Å². The highest BCUT2D eigenvalue weighted by molar-refractivity contribution is 5.90. The maximum atomic E-state index is 13.4. The summed E-state index contributed by atoms with van der Waals surface area (Å²) in [5.41, 5.74) is 1.27. The zero-order valence-electron chi connectivity index (χ0n) is 15.1. The van der Waals surface area contributed by atoms with Crippen molar-refractivity contribution in [2.24, 2.45) is 0 Å². The fourth-order valence-electron chi connectivity index (χ4n) is 2.33. The standard InChI is InChI=1S/C20H21FN2O5/c21-16-4-1-2-5-17(16)28-11-3-6-18(24)23-15-9-7-14(8-10-15)12-19(25)22-13-20(26)27/h1-2,4-5,7-10H,3,6,11-13H2,(H,22,25)(H,23,24)(H,26,27). The molecule has 2 aromatic carbocycles. The molecule has 0 heterocycles. The van der Waals surface area contributed by atoms with Gasteiger partial charge in [-0.25, -0.2) is 4.39 Å². The molecule has 0 aliphatic carbocycles. The Morgan fingerprint density at radius 2 is 1.71 bits per heavy atom. The van der Waals surface area contributed by atoms with Crippen LogP contribution in [0.5, 0.6) is 5.75 Å². The van der Waals surface area contributed by atoms with E-state index >= 15 is 0 Å². The topological polar surface area (TPSA) is 105 Å². The van der Waals surface area contributed by atoms with Crippen molar-refractivity contribution >= 4 is 23.5 Å². The Balaban J connectivity index is 1.69. The molecule has 2 amide bonds. The summed E-state index contributed by atoms with van der Waals surface area (Å²) in [5.74, 6) is -1.99. The van der Waals surface area contributed by atoms with Crippen molar-refractivity contribution in [3.63, 3.8) is 0 Å². The zero-order valence-corrected chi connectivity index (χ0v) is 15.1. The summed E-state index contributed by atoms with van der Waals surface area (Å²) in [6.07, 6.45) is 0.699. The van der Waals surface area contributed by atoms with Gasteiger partial charge >= 0.3 is 5.97 Å². The number of hydrogen-bond donors (Lipinski definition) is 3. The molecule has 0 aliphatic heterocycles. The largest absolute Gasteiger partial charge is 0.491 e. The minimum absolute atomic E-state index is 0.0505. The van der Waals surface area contributed by atoms with E-state index in [0.29, 0.717) is 17.7 Å². The fraction of sp³-hybridized carbons (Fsp3) is 0.250. The van der Waals surface area contributed by atoms with Crippen LogP contribution in [0.4, 0.5) is 10.1 Å². The first-order chi connectivity index (χ1) is 13.4. The first kappa shape index (κ1) is 20.9. The van der Waals surface area contributed by atoms with E-state index in [9.17, 15) is 18.8 Å². The van der Waals surface area contributed by atoms with Gasteiger partial charge in [-0.05, 0) is 36.2 Å². The molecule has 0 aliphatic rings. The molecule has 0 atom stereocenters. The molecule has 0 unspecified atom stereocenters. The van der Waals surface area contributed by atoms with Crippen LogP contribution in [0, 0.1) is 5.82 Å². The van der Waals surface area contributed by atoms with Crippen LogP contribution in [0.1, 0.15) is 18.4 Å². The Labute approximate surface area is 161 Å². The maximum Gasteiger partial charge on any atom is 0.322 e. The number of nitrogens with one attached hydrogen (secondary N) is 2. The Kier molecular flexibility index (Phi) is 7.95. The third-order valence-electron chi connectivity index (χ3n) is 3.68. The van der Waals surface area contributed by atoms with Gasteiger partial charge in [0.2, 0.25) is 11.8 Å². The van der Waals surface area contributed by atoms with Crippen LogP contribution >= 0.6 is 0 Å². The molecule has 0 spiro atoms. The first-order valence-corrected chi connectivity index (χ1v) is 8.68. The quantitative estimate of drug-likeness (QED) is 0.542. The van der Waals surface area contributed by atoms with Gasteiger partial charge in [0.05, 0.1) is 13.0 Å². The SMILES string of the molecule is O=C(O)CNC(=O)Cc1ccc(NC(=O)CCCOc2ccccc2F)cc1. The summed E-state index contributed by atoms with van der Waals surface area (Å²) in [4.78, 5) is 33.9. The number of benzene rings is 2. The minimum Gasteiger partial charge on any atom is -0.491 e. The average molecular weight is 388 g/mol. The summed E-state index contributed by atoms with van der Waals surface area (Å²) in [5, 5.41) is 13.5. The van der Waals surface area contributed by atoms with E-state index < -0.39 is 24.2 Å². The lowest BCUT2D eigenvalue weighted by Crippen LogP contribution is -2.30. The molecule has 0 aromatic heterocycles. The molecule has 0 saturated heterocycles. The van der Waals surface area contributed by atoms with Gasteiger partial charge in [0.25, 0.3) is 0 Å². The second-order valence-electron chi connectivity index (χ2n) is 5.97. The summed E-state index contributed by atoms with van der Waals surface area (Å²) >= 11 is 0. The zero-order chi connectivity index (χ0) is 20.4. The van der Waals surface area contributed by atoms with Crippen LogP contribution in [0.3, 0.4) is 0 Å². The lowest BCUT2D eigenvalue weighted by atomic mass is 10.1. The van der Waals surface area contributed by atoms with E-state index in [-0.39, 0.29) is 31.1 Å². The molecule has 8 heteroatoms. The number of halogens is 1. The van der Waals surface area contributed by atoms with Crippen molar-refractivity contribution in [1.29, 1.82) is 0 Å². The van der Waals surface area contributed by atoms with Gasteiger partial charge in [-0.1, -0.05) is 24.3 Å². The van der Waals surface area contributed by atoms with E-state index in [0.717, 1.165) is 0 Å². The molecule has 28 heavy (non-hydrogen) atoms. The average Bonchev–Trinajstić information content (AvgIpc) is 2.66. The van der Waals surface area contributed by atoms with Gasteiger partial charge < -0.3 is 20.5 Å². The van der Waals surface area contributed by atoms with Crippen LogP contribution in [0.25, 0.3) is 0 Å². The third kappa shape index (κ3) is 7.45. The normalized spacial score (nSPS) is 10.2. The summed E-state index contributed by atoms with van der Waals surface area (Å²) in [6.45, 7) is -0.202. The number of rotatable bonds is 10. The highest BCUT2D eigenvalue weighted by Crippen LogP contribution is 2.16. The molecule has 3 N–H and O–H groups in total. The third-order valence-corrected chi connectivity index (χ3v) is 3.68. The lowest BCUT2D eigenvalue weighted by molar-refractivity contribution is -0.137. The molecule has 0 bridgehead atoms. The van der Waals surface area contributed by atoms with Crippen molar-refractivity contribution in [1.82, 2.24) is 5.32 Å². The number of carbonyl (C=O) groups excluding carboxylic acids is 2. The smallest absolute Gasteiger partial charge is 0.322 e. The Morgan fingerprint density at radius 1 is 1.00 bits per heavy atom. The number of carboxylic acids is 1. The summed E-state index contributed by atoms with van der Waals surface area (Å²) in [7, 11) is 0. The van der Waals surface area contributed by atoms with Crippen molar-refractivity contribution in [3.8, 4) is 5.75 Å². The number of aliphatic carboxylic acids is 1. The molecule has 0 radical (unpaired) electrons. The van der Waals surface area contributed by atoms with E-state index in [1.807, 2.05) is 0 Å². The molecular weight excluding hydrogens is 367 g/mol. The highest BCUT2D eigenvalue weighted by atomic mass is 19.1. The van der Waals surface area contributed by atoms with Gasteiger partial charge in [0.15, 0.2) is 11.6 Å². The Morgan fingerprint density at radius 3 is 2.39 bits per heavy atom. The van der Waals surface area contributed by atoms with Crippen molar-refractivity contribution in [2.75, 3.05) is 18.5 Å². The Hall–Kier alpha value is -3.42. The lowest BCUT2D eigenvalue weighted by Gasteiger charge is -2.08. The van der Waals surface area contributed by atoms with Crippen LogP contribution in [-0.2, 0) is 20.8 Å². The maximum absolute atomic E-state index is 13.4. The second-order valence-corrected chi connectivity index (χ2v) is 5.97. The molecule has 2 aromatic rings. The summed E-state index contributed by atoms with van der Waals surface area (Å²) in [6, 6.07) is 12.8. The Bertz CT molecular complexity index is 824. The minimum atomic E-state index is -1.11. The van der Waals surface area contributed by atoms with Gasteiger partial charge in [0, 0.05) is 12.1 Å². The van der Waals surface area contributed by atoms with Crippen molar-refractivity contribution in [3.05, 3.63) is 59.9 Å².